The fraction of sp³-hybridized carbons (Fsp3) is 1.00. The SMILES string of the molecule is CC1(O)CCC2(CC1)CS(=O)(=NC1CC1)C2. The molecule has 1 aliphatic heterocycles. The molecule has 0 aromatic heterocycles. The van der Waals surface area contributed by atoms with E-state index in [0.29, 0.717) is 6.04 Å². The Kier molecular flexibility index (Phi) is 2.22. The summed E-state index contributed by atoms with van der Waals surface area (Å²) in [5, 5.41) is 9.92. The van der Waals surface area contributed by atoms with Crippen molar-refractivity contribution < 1.29 is 9.32 Å². The van der Waals surface area contributed by atoms with Gasteiger partial charge in [0.2, 0.25) is 0 Å². The zero-order chi connectivity index (χ0) is 11.4. The summed E-state index contributed by atoms with van der Waals surface area (Å²) >= 11 is 0. The normalized spacial score (nSPS) is 52.4. The third kappa shape index (κ3) is 2.02. The Morgan fingerprint density at radius 2 is 1.75 bits per heavy atom. The van der Waals surface area contributed by atoms with Gasteiger partial charge in [-0.25, -0.2) is 8.57 Å². The molecule has 0 aromatic rings. The highest BCUT2D eigenvalue weighted by molar-refractivity contribution is 7.95. The van der Waals surface area contributed by atoms with Gasteiger partial charge in [0, 0.05) is 21.2 Å². The van der Waals surface area contributed by atoms with Crippen LogP contribution in [0.15, 0.2) is 4.36 Å². The van der Waals surface area contributed by atoms with Gasteiger partial charge in [-0.15, -0.1) is 0 Å². The van der Waals surface area contributed by atoms with Crippen molar-refractivity contribution in [3.8, 4) is 0 Å². The molecule has 1 N–H and O–H groups in total. The Morgan fingerprint density at radius 3 is 2.25 bits per heavy atom. The second-order valence-electron chi connectivity index (χ2n) is 6.39. The highest BCUT2D eigenvalue weighted by atomic mass is 32.2. The van der Waals surface area contributed by atoms with E-state index in [-0.39, 0.29) is 5.41 Å². The molecule has 1 heterocycles. The first-order valence-corrected chi connectivity index (χ1v) is 8.20. The molecule has 0 unspecified atom stereocenters. The number of hydrogen-bond acceptors (Lipinski definition) is 3. The summed E-state index contributed by atoms with van der Waals surface area (Å²) in [5.41, 5.74) is -0.201. The third-order valence-electron chi connectivity index (χ3n) is 4.34. The molecule has 3 aliphatic rings. The summed E-state index contributed by atoms with van der Waals surface area (Å²) in [4.78, 5) is 0. The summed E-state index contributed by atoms with van der Waals surface area (Å²) < 4.78 is 16.8. The van der Waals surface area contributed by atoms with Gasteiger partial charge in [-0.3, -0.25) is 0 Å². The van der Waals surface area contributed by atoms with Crippen LogP contribution in [0.4, 0.5) is 0 Å². The zero-order valence-electron chi connectivity index (χ0n) is 9.95. The highest BCUT2D eigenvalue weighted by Gasteiger charge is 2.50. The molecule has 3 nitrogen and oxygen atoms in total. The van der Waals surface area contributed by atoms with Crippen molar-refractivity contribution >= 4 is 9.73 Å². The van der Waals surface area contributed by atoms with E-state index in [1.807, 2.05) is 6.92 Å². The maximum Gasteiger partial charge on any atom is 0.0620 e. The second-order valence-corrected chi connectivity index (χ2v) is 8.73. The van der Waals surface area contributed by atoms with Crippen LogP contribution in [0, 0.1) is 5.41 Å². The summed E-state index contributed by atoms with van der Waals surface area (Å²) in [5.74, 6) is 1.62. The molecule has 0 amide bonds. The molecule has 2 saturated carbocycles. The lowest BCUT2D eigenvalue weighted by molar-refractivity contribution is -0.0111. The second kappa shape index (κ2) is 3.22. The van der Waals surface area contributed by atoms with Gasteiger partial charge in [-0.2, -0.15) is 0 Å². The van der Waals surface area contributed by atoms with Gasteiger partial charge in [0.15, 0.2) is 0 Å². The summed E-state index contributed by atoms with van der Waals surface area (Å²) in [6.45, 7) is 1.92. The van der Waals surface area contributed by atoms with Crippen molar-refractivity contribution in [2.45, 2.75) is 57.1 Å². The largest absolute Gasteiger partial charge is 0.390 e. The van der Waals surface area contributed by atoms with Crippen LogP contribution in [0.25, 0.3) is 0 Å². The maximum atomic E-state index is 12.3. The average Bonchev–Trinajstić information content (AvgIpc) is 2.91. The van der Waals surface area contributed by atoms with Crippen LogP contribution >= 0.6 is 0 Å². The van der Waals surface area contributed by atoms with E-state index in [0.717, 1.165) is 50.0 Å². The first kappa shape index (κ1) is 11.0. The van der Waals surface area contributed by atoms with Crippen molar-refractivity contribution in [1.82, 2.24) is 0 Å². The van der Waals surface area contributed by atoms with Crippen molar-refractivity contribution in [2.24, 2.45) is 9.78 Å². The lowest BCUT2D eigenvalue weighted by Gasteiger charge is -2.49. The Bertz CT molecular complexity index is 393. The third-order valence-corrected chi connectivity index (χ3v) is 7.15. The van der Waals surface area contributed by atoms with Gasteiger partial charge in [-0.05, 0) is 50.9 Å². The lowest BCUT2D eigenvalue weighted by atomic mass is 9.71. The lowest BCUT2D eigenvalue weighted by Crippen LogP contribution is -2.52. The van der Waals surface area contributed by atoms with E-state index >= 15 is 0 Å². The van der Waals surface area contributed by atoms with Gasteiger partial charge < -0.3 is 5.11 Å². The van der Waals surface area contributed by atoms with Gasteiger partial charge in [0.25, 0.3) is 0 Å². The number of nitrogens with zero attached hydrogens (tertiary/aromatic N) is 1. The van der Waals surface area contributed by atoms with Crippen molar-refractivity contribution in [3.05, 3.63) is 0 Å². The molecular formula is C12H21NO2S. The molecule has 1 spiro atoms. The molecule has 92 valence electrons. The van der Waals surface area contributed by atoms with Gasteiger partial charge >= 0.3 is 0 Å². The molecule has 4 heteroatoms. The minimum atomic E-state index is -1.83. The quantitative estimate of drug-likeness (QED) is 0.765. The smallest absolute Gasteiger partial charge is 0.0620 e. The van der Waals surface area contributed by atoms with E-state index in [9.17, 15) is 9.32 Å². The molecular weight excluding hydrogens is 222 g/mol. The van der Waals surface area contributed by atoms with Crippen LogP contribution in [-0.4, -0.2) is 32.5 Å². The standard InChI is InChI=1S/C12H21NO2S/c1-11(14)4-6-12(7-5-11)8-16(15,9-12)13-10-2-3-10/h10,14H,2-9H2,1H3. The maximum absolute atomic E-state index is 12.3. The molecule has 0 bridgehead atoms. The number of rotatable bonds is 1. The predicted octanol–water partition coefficient (Wildman–Crippen LogP) is 1.94. The van der Waals surface area contributed by atoms with E-state index in [2.05, 4.69) is 4.36 Å². The Balaban J connectivity index is 1.66. The topological polar surface area (TPSA) is 49.7 Å². The van der Waals surface area contributed by atoms with E-state index in [4.69, 9.17) is 0 Å². The van der Waals surface area contributed by atoms with Crippen LogP contribution in [0.3, 0.4) is 0 Å². The van der Waals surface area contributed by atoms with Crippen molar-refractivity contribution in [3.63, 3.8) is 0 Å². The van der Waals surface area contributed by atoms with Crippen LogP contribution in [-0.2, 0) is 9.73 Å². The first-order chi connectivity index (χ1) is 7.41. The number of aliphatic hydroxyl groups is 1. The van der Waals surface area contributed by atoms with Crippen LogP contribution in [0.5, 0.6) is 0 Å². The Morgan fingerprint density at radius 1 is 1.19 bits per heavy atom. The molecule has 2 aliphatic carbocycles. The van der Waals surface area contributed by atoms with E-state index in [1.54, 1.807) is 0 Å². The Hall–Kier alpha value is -0.0900. The van der Waals surface area contributed by atoms with Crippen LogP contribution < -0.4 is 0 Å². The zero-order valence-corrected chi connectivity index (χ0v) is 10.8. The molecule has 3 rings (SSSR count). The number of hydrogen-bond donors (Lipinski definition) is 1. The monoisotopic (exact) mass is 243 g/mol. The van der Waals surface area contributed by atoms with Gasteiger partial charge in [0.05, 0.1) is 11.6 Å². The molecule has 3 fully saturated rings. The summed E-state index contributed by atoms with van der Waals surface area (Å²) in [6.07, 6.45) is 6.11. The van der Waals surface area contributed by atoms with Crippen LogP contribution in [0.1, 0.15) is 45.4 Å². The molecule has 1 saturated heterocycles. The molecule has 16 heavy (non-hydrogen) atoms. The summed E-state index contributed by atoms with van der Waals surface area (Å²) in [7, 11) is -1.83. The molecule has 0 atom stereocenters. The van der Waals surface area contributed by atoms with Crippen molar-refractivity contribution in [1.29, 1.82) is 0 Å². The van der Waals surface area contributed by atoms with Crippen LogP contribution in [0.2, 0.25) is 0 Å². The molecule has 0 radical (unpaired) electrons. The first-order valence-electron chi connectivity index (χ1n) is 6.35. The van der Waals surface area contributed by atoms with Crippen molar-refractivity contribution in [2.75, 3.05) is 11.5 Å². The minimum absolute atomic E-state index is 0.276. The fourth-order valence-corrected chi connectivity index (χ4v) is 6.36. The average molecular weight is 243 g/mol. The van der Waals surface area contributed by atoms with E-state index < -0.39 is 15.3 Å². The fourth-order valence-electron chi connectivity index (χ4n) is 3.05. The van der Waals surface area contributed by atoms with Gasteiger partial charge in [0.1, 0.15) is 0 Å². The predicted molar refractivity (Wildman–Crippen MR) is 64.9 cm³/mol. The highest BCUT2D eigenvalue weighted by Crippen LogP contribution is 2.49. The van der Waals surface area contributed by atoms with Gasteiger partial charge in [-0.1, -0.05) is 0 Å². The Labute approximate surface area is 97.8 Å². The molecule has 0 aromatic carbocycles. The summed E-state index contributed by atoms with van der Waals surface area (Å²) in [6, 6.07) is 0.427. The minimum Gasteiger partial charge on any atom is -0.390 e. The van der Waals surface area contributed by atoms with E-state index in [1.165, 1.54) is 0 Å².